The van der Waals surface area contributed by atoms with Crippen LogP contribution in [0.25, 0.3) is 0 Å². The molecule has 0 saturated carbocycles. The van der Waals surface area contributed by atoms with Gasteiger partial charge >= 0.3 is 0 Å². The summed E-state index contributed by atoms with van der Waals surface area (Å²) in [4.78, 5) is 8.51. The molecule has 1 N–H and O–H groups in total. The second-order valence-corrected chi connectivity index (χ2v) is 5.60. The second kappa shape index (κ2) is 9.15. The van der Waals surface area contributed by atoms with Crippen LogP contribution in [0.1, 0.15) is 37.6 Å². The van der Waals surface area contributed by atoms with E-state index in [-0.39, 0.29) is 0 Å². The van der Waals surface area contributed by atoms with Crippen LogP contribution in [-0.4, -0.2) is 23.1 Å². The third-order valence-electron chi connectivity index (χ3n) is 3.56. The summed E-state index contributed by atoms with van der Waals surface area (Å²) < 4.78 is 32.2. The van der Waals surface area contributed by atoms with Crippen molar-refractivity contribution in [3.8, 4) is 5.75 Å². The van der Waals surface area contributed by atoms with E-state index < -0.39 is 11.6 Å². The van der Waals surface area contributed by atoms with Crippen molar-refractivity contribution < 1.29 is 13.5 Å². The molecule has 1 aromatic carbocycles. The molecule has 6 heteroatoms. The van der Waals surface area contributed by atoms with Crippen LogP contribution in [0.3, 0.4) is 0 Å². The van der Waals surface area contributed by atoms with Crippen molar-refractivity contribution in [3.63, 3.8) is 0 Å². The summed E-state index contributed by atoms with van der Waals surface area (Å²) in [5.41, 5.74) is 0.487. The molecule has 0 aliphatic rings. The maximum absolute atomic E-state index is 13.6. The summed E-state index contributed by atoms with van der Waals surface area (Å²) in [6.45, 7) is 5.18. The molecule has 4 nitrogen and oxygen atoms in total. The average molecular weight is 335 g/mol. The zero-order valence-corrected chi connectivity index (χ0v) is 14.1. The number of aromatic nitrogens is 2. The number of halogens is 2. The predicted octanol–water partition coefficient (Wildman–Crippen LogP) is 4.29. The first-order chi connectivity index (χ1) is 11.6. The van der Waals surface area contributed by atoms with Crippen molar-refractivity contribution in [2.75, 3.05) is 18.5 Å². The van der Waals surface area contributed by atoms with E-state index in [0.29, 0.717) is 42.4 Å². The van der Waals surface area contributed by atoms with Crippen LogP contribution in [0.2, 0.25) is 0 Å². The number of hydrogen-bond acceptors (Lipinski definition) is 4. The number of rotatable bonds is 9. The zero-order chi connectivity index (χ0) is 17.4. The van der Waals surface area contributed by atoms with E-state index in [1.54, 1.807) is 6.20 Å². The van der Waals surface area contributed by atoms with Crippen molar-refractivity contribution in [1.29, 1.82) is 0 Å². The van der Waals surface area contributed by atoms with Crippen LogP contribution in [0.5, 0.6) is 5.75 Å². The van der Waals surface area contributed by atoms with Gasteiger partial charge in [0.05, 0.1) is 12.8 Å². The summed E-state index contributed by atoms with van der Waals surface area (Å²) >= 11 is 0. The van der Waals surface area contributed by atoms with E-state index in [1.165, 1.54) is 12.1 Å². The number of anilines is 1. The van der Waals surface area contributed by atoms with Crippen molar-refractivity contribution in [2.24, 2.45) is 0 Å². The number of nitrogens with zero attached hydrogens (tertiary/aromatic N) is 2. The van der Waals surface area contributed by atoms with Crippen molar-refractivity contribution in [1.82, 2.24) is 9.97 Å². The molecule has 0 radical (unpaired) electrons. The Morgan fingerprint density at radius 1 is 1.21 bits per heavy atom. The highest BCUT2D eigenvalue weighted by Gasteiger charge is 2.08. The van der Waals surface area contributed by atoms with Crippen molar-refractivity contribution >= 4 is 5.82 Å². The summed E-state index contributed by atoms with van der Waals surface area (Å²) in [6.07, 6.45) is 4.89. The summed E-state index contributed by atoms with van der Waals surface area (Å²) in [5, 5.41) is 3.25. The molecule has 0 aliphatic carbocycles. The Balaban J connectivity index is 1.87. The third kappa shape index (κ3) is 5.44. The molecule has 2 rings (SSSR count). The fraction of sp³-hybridized carbons (Fsp3) is 0.444. The summed E-state index contributed by atoms with van der Waals surface area (Å²) in [6, 6.07) is 3.64. The lowest BCUT2D eigenvalue weighted by molar-refractivity contribution is 0.309. The molecule has 24 heavy (non-hydrogen) atoms. The Kier molecular flexibility index (Phi) is 6.90. The number of unbranched alkanes of at least 4 members (excludes halogenated alkanes) is 1. The molecule has 0 spiro atoms. The van der Waals surface area contributed by atoms with Gasteiger partial charge in [-0.2, -0.15) is 0 Å². The van der Waals surface area contributed by atoms with Gasteiger partial charge in [0.15, 0.2) is 11.6 Å². The molecule has 0 unspecified atom stereocenters. The van der Waals surface area contributed by atoms with Gasteiger partial charge < -0.3 is 10.1 Å². The van der Waals surface area contributed by atoms with Gasteiger partial charge in [-0.3, -0.25) is 0 Å². The summed E-state index contributed by atoms with van der Waals surface area (Å²) in [5.74, 6) is 0.873. The van der Waals surface area contributed by atoms with Gasteiger partial charge in [0.1, 0.15) is 17.5 Å². The Hall–Kier alpha value is -2.24. The van der Waals surface area contributed by atoms with E-state index in [2.05, 4.69) is 22.2 Å². The minimum atomic E-state index is -0.563. The highest BCUT2D eigenvalue weighted by molar-refractivity contribution is 5.48. The van der Waals surface area contributed by atoms with Gasteiger partial charge in [0.25, 0.3) is 0 Å². The minimum Gasteiger partial charge on any atom is -0.488 e. The molecule has 0 aliphatic heterocycles. The maximum Gasteiger partial charge on any atom is 0.179 e. The normalized spacial score (nSPS) is 10.7. The SMILES string of the molecule is CCCCNc1nc(C)ncc1OCCCc1ccc(F)cc1F. The number of benzene rings is 1. The largest absolute Gasteiger partial charge is 0.488 e. The van der Waals surface area contributed by atoms with Crippen LogP contribution in [0.4, 0.5) is 14.6 Å². The lowest BCUT2D eigenvalue weighted by Gasteiger charge is -2.12. The highest BCUT2D eigenvalue weighted by atomic mass is 19.1. The first-order valence-corrected chi connectivity index (χ1v) is 8.24. The van der Waals surface area contributed by atoms with Crippen LogP contribution < -0.4 is 10.1 Å². The molecule has 130 valence electrons. The minimum absolute atomic E-state index is 0.408. The Bertz CT molecular complexity index is 665. The van der Waals surface area contributed by atoms with Crippen LogP contribution in [-0.2, 0) is 6.42 Å². The lowest BCUT2D eigenvalue weighted by atomic mass is 10.1. The molecule has 1 heterocycles. The topological polar surface area (TPSA) is 47.0 Å². The van der Waals surface area contributed by atoms with Gasteiger partial charge in [0.2, 0.25) is 0 Å². The number of aryl methyl sites for hydroxylation is 2. The predicted molar refractivity (Wildman–Crippen MR) is 90.3 cm³/mol. The molecule has 0 amide bonds. The Morgan fingerprint density at radius 2 is 2.04 bits per heavy atom. The van der Waals surface area contributed by atoms with Gasteiger partial charge in [0, 0.05) is 12.6 Å². The van der Waals surface area contributed by atoms with E-state index in [4.69, 9.17) is 4.74 Å². The van der Waals surface area contributed by atoms with E-state index >= 15 is 0 Å². The van der Waals surface area contributed by atoms with Crippen LogP contribution >= 0.6 is 0 Å². The van der Waals surface area contributed by atoms with Crippen molar-refractivity contribution in [2.45, 2.75) is 39.5 Å². The first-order valence-electron chi connectivity index (χ1n) is 8.24. The maximum atomic E-state index is 13.6. The Labute approximate surface area is 141 Å². The van der Waals surface area contributed by atoms with Gasteiger partial charge in [-0.05, 0) is 37.8 Å². The number of ether oxygens (including phenoxy) is 1. The molecule has 2 aromatic rings. The van der Waals surface area contributed by atoms with E-state index in [1.807, 2.05) is 6.92 Å². The van der Waals surface area contributed by atoms with Gasteiger partial charge in [-0.25, -0.2) is 18.7 Å². The Morgan fingerprint density at radius 3 is 2.79 bits per heavy atom. The monoisotopic (exact) mass is 335 g/mol. The fourth-order valence-electron chi connectivity index (χ4n) is 2.24. The molecular formula is C18H23F2N3O. The van der Waals surface area contributed by atoms with Gasteiger partial charge in [-0.15, -0.1) is 0 Å². The van der Waals surface area contributed by atoms with E-state index in [9.17, 15) is 8.78 Å². The second-order valence-electron chi connectivity index (χ2n) is 5.60. The number of hydrogen-bond donors (Lipinski definition) is 1. The number of nitrogens with one attached hydrogen (secondary N) is 1. The molecular weight excluding hydrogens is 312 g/mol. The third-order valence-corrected chi connectivity index (χ3v) is 3.56. The first kappa shape index (κ1) is 18.1. The van der Waals surface area contributed by atoms with Gasteiger partial charge in [-0.1, -0.05) is 19.4 Å². The van der Waals surface area contributed by atoms with Crippen LogP contribution in [0.15, 0.2) is 24.4 Å². The van der Waals surface area contributed by atoms with Crippen LogP contribution in [0, 0.1) is 18.6 Å². The quantitative estimate of drug-likeness (QED) is 0.695. The summed E-state index contributed by atoms with van der Waals surface area (Å²) in [7, 11) is 0. The molecule has 0 saturated heterocycles. The molecule has 1 aromatic heterocycles. The fourth-order valence-corrected chi connectivity index (χ4v) is 2.24. The molecule has 0 bridgehead atoms. The standard InChI is InChI=1S/C18H23F2N3O/c1-3-4-9-21-18-17(12-22-13(2)23-18)24-10-5-6-14-7-8-15(19)11-16(14)20/h7-8,11-12H,3-6,9-10H2,1-2H3,(H,21,22,23). The molecule has 0 atom stereocenters. The lowest BCUT2D eigenvalue weighted by Crippen LogP contribution is -2.09. The molecule has 0 fully saturated rings. The smallest absolute Gasteiger partial charge is 0.179 e. The zero-order valence-electron chi connectivity index (χ0n) is 14.1. The highest BCUT2D eigenvalue weighted by Crippen LogP contribution is 2.21. The average Bonchev–Trinajstić information content (AvgIpc) is 2.55. The van der Waals surface area contributed by atoms with Crippen molar-refractivity contribution in [3.05, 3.63) is 47.4 Å². The van der Waals surface area contributed by atoms with E-state index in [0.717, 1.165) is 25.5 Å².